The van der Waals surface area contributed by atoms with E-state index in [1.807, 2.05) is 20.3 Å². The van der Waals surface area contributed by atoms with Crippen LogP contribution in [0.15, 0.2) is 6.20 Å². The smallest absolute Gasteiger partial charge is 0.184 e. The summed E-state index contributed by atoms with van der Waals surface area (Å²) >= 11 is 1.80. The highest BCUT2D eigenvalue weighted by atomic mass is 32.1. The summed E-state index contributed by atoms with van der Waals surface area (Å²) in [5.74, 6) is 0. The largest absolute Gasteiger partial charge is 0.354 e. The number of anilines is 1. The van der Waals surface area contributed by atoms with Gasteiger partial charge in [0.25, 0.3) is 0 Å². The van der Waals surface area contributed by atoms with Gasteiger partial charge in [0.1, 0.15) is 0 Å². The molecule has 0 atom stereocenters. The number of nitrogens with zero attached hydrogens (tertiary/aromatic N) is 3. The van der Waals surface area contributed by atoms with E-state index in [1.54, 1.807) is 11.3 Å². The van der Waals surface area contributed by atoms with E-state index in [-0.39, 0.29) is 0 Å². The van der Waals surface area contributed by atoms with E-state index in [1.165, 1.54) is 18.0 Å². The third-order valence-electron chi connectivity index (χ3n) is 2.81. The Kier molecular flexibility index (Phi) is 4.15. The lowest BCUT2D eigenvalue weighted by Crippen LogP contribution is -2.44. The lowest BCUT2D eigenvalue weighted by atomic mass is 10.3. The maximum absolute atomic E-state index is 4.39. The molecular formula is C11H20N4S. The van der Waals surface area contributed by atoms with Gasteiger partial charge < -0.3 is 15.1 Å². The van der Waals surface area contributed by atoms with Crippen LogP contribution in [0.25, 0.3) is 0 Å². The Hall–Kier alpha value is -0.650. The second kappa shape index (κ2) is 5.61. The van der Waals surface area contributed by atoms with Crippen molar-refractivity contribution in [2.75, 3.05) is 51.7 Å². The number of hydrogen-bond donors (Lipinski definition) is 1. The average molecular weight is 240 g/mol. The van der Waals surface area contributed by atoms with Crippen molar-refractivity contribution >= 4 is 16.5 Å². The first-order valence-electron chi connectivity index (χ1n) is 5.81. The first-order chi connectivity index (χ1) is 7.75. The van der Waals surface area contributed by atoms with Crippen molar-refractivity contribution in [2.45, 2.75) is 6.42 Å². The molecular weight excluding hydrogens is 220 g/mol. The quantitative estimate of drug-likeness (QED) is 0.837. The SMILES string of the molecule is CN(C)c1ncc(CCN2CCNCC2)s1. The van der Waals surface area contributed by atoms with Crippen LogP contribution in [0, 0.1) is 0 Å². The molecule has 1 aromatic rings. The van der Waals surface area contributed by atoms with Crippen LogP contribution in [0.5, 0.6) is 0 Å². The standard InChI is InChI=1S/C11H20N4S/c1-14(2)11-13-9-10(16-11)3-6-15-7-4-12-5-8-15/h9,12H,3-8H2,1-2H3. The Balaban J connectivity index is 1.79. The second-order valence-electron chi connectivity index (χ2n) is 4.35. The van der Waals surface area contributed by atoms with Crippen LogP contribution in [-0.2, 0) is 6.42 Å². The highest BCUT2D eigenvalue weighted by Crippen LogP contribution is 2.20. The van der Waals surface area contributed by atoms with Crippen LogP contribution in [-0.4, -0.2) is 56.7 Å². The monoisotopic (exact) mass is 240 g/mol. The van der Waals surface area contributed by atoms with Gasteiger partial charge in [-0.3, -0.25) is 0 Å². The zero-order valence-corrected chi connectivity index (χ0v) is 10.9. The minimum absolute atomic E-state index is 1.11. The predicted octanol–water partition coefficient (Wildman–Crippen LogP) is 0.657. The van der Waals surface area contributed by atoms with Crippen molar-refractivity contribution in [1.82, 2.24) is 15.2 Å². The second-order valence-corrected chi connectivity index (χ2v) is 5.44. The highest BCUT2D eigenvalue weighted by molar-refractivity contribution is 7.15. The number of aromatic nitrogens is 1. The fourth-order valence-electron chi connectivity index (χ4n) is 1.82. The van der Waals surface area contributed by atoms with Crippen LogP contribution in [0.1, 0.15) is 4.88 Å². The topological polar surface area (TPSA) is 31.4 Å². The molecule has 0 aliphatic carbocycles. The van der Waals surface area contributed by atoms with E-state index in [9.17, 15) is 0 Å². The third kappa shape index (κ3) is 3.17. The first kappa shape index (κ1) is 11.8. The van der Waals surface area contributed by atoms with E-state index in [4.69, 9.17) is 0 Å². The van der Waals surface area contributed by atoms with E-state index in [2.05, 4.69) is 20.1 Å². The molecule has 0 spiro atoms. The van der Waals surface area contributed by atoms with Crippen LogP contribution < -0.4 is 10.2 Å². The molecule has 0 aromatic carbocycles. The summed E-state index contributed by atoms with van der Waals surface area (Å²) in [7, 11) is 4.08. The fourth-order valence-corrected chi connectivity index (χ4v) is 2.64. The van der Waals surface area contributed by atoms with Gasteiger partial charge in [-0.05, 0) is 6.42 Å². The molecule has 90 valence electrons. The molecule has 5 heteroatoms. The van der Waals surface area contributed by atoms with Gasteiger partial charge in [0.15, 0.2) is 5.13 Å². The summed E-state index contributed by atoms with van der Waals surface area (Å²) in [5.41, 5.74) is 0. The van der Waals surface area contributed by atoms with Crippen molar-refractivity contribution in [1.29, 1.82) is 0 Å². The van der Waals surface area contributed by atoms with E-state index < -0.39 is 0 Å². The summed E-state index contributed by atoms with van der Waals surface area (Å²) in [6, 6.07) is 0. The van der Waals surface area contributed by atoms with Crippen molar-refractivity contribution in [3.8, 4) is 0 Å². The van der Waals surface area contributed by atoms with Crippen molar-refractivity contribution in [3.05, 3.63) is 11.1 Å². The average Bonchev–Trinajstić information content (AvgIpc) is 2.76. The molecule has 0 radical (unpaired) electrons. The molecule has 4 nitrogen and oxygen atoms in total. The maximum atomic E-state index is 4.39. The molecule has 0 amide bonds. The number of thiazole rings is 1. The van der Waals surface area contributed by atoms with Gasteiger partial charge in [0.05, 0.1) is 0 Å². The number of nitrogens with one attached hydrogen (secondary N) is 1. The van der Waals surface area contributed by atoms with Crippen LogP contribution in [0.2, 0.25) is 0 Å². The minimum atomic E-state index is 1.11. The van der Waals surface area contributed by atoms with Gasteiger partial charge in [-0.2, -0.15) is 0 Å². The number of rotatable bonds is 4. The first-order valence-corrected chi connectivity index (χ1v) is 6.62. The lowest BCUT2D eigenvalue weighted by molar-refractivity contribution is 0.244. The summed E-state index contributed by atoms with van der Waals surface area (Å²) in [6.07, 6.45) is 3.15. The Morgan fingerprint density at radius 2 is 2.19 bits per heavy atom. The van der Waals surface area contributed by atoms with Crippen LogP contribution in [0.3, 0.4) is 0 Å². The molecule has 1 saturated heterocycles. The van der Waals surface area contributed by atoms with Gasteiger partial charge in [0, 0.05) is 57.9 Å². The molecule has 1 fully saturated rings. The van der Waals surface area contributed by atoms with E-state index in [0.717, 1.165) is 31.2 Å². The Morgan fingerprint density at radius 1 is 1.44 bits per heavy atom. The Morgan fingerprint density at radius 3 is 2.81 bits per heavy atom. The molecule has 1 aliphatic rings. The predicted molar refractivity (Wildman–Crippen MR) is 69.5 cm³/mol. The molecule has 2 rings (SSSR count). The zero-order chi connectivity index (χ0) is 11.4. The van der Waals surface area contributed by atoms with Gasteiger partial charge >= 0.3 is 0 Å². The number of piperazine rings is 1. The van der Waals surface area contributed by atoms with E-state index >= 15 is 0 Å². The van der Waals surface area contributed by atoms with Crippen molar-refractivity contribution in [2.24, 2.45) is 0 Å². The molecule has 0 unspecified atom stereocenters. The van der Waals surface area contributed by atoms with Crippen LogP contribution in [0.4, 0.5) is 5.13 Å². The summed E-state index contributed by atoms with van der Waals surface area (Å²) < 4.78 is 0. The molecule has 0 saturated carbocycles. The number of hydrogen-bond acceptors (Lipinski definition) is 5. The van der Waals surface area contributed by atoms with Gasteiger partial charge in [-0.15, -0.1) is 11.3 Å². The van der Waals surface area contributed by atoms with E-state index in [0.29, 0.717) is 0 Å². The molecule has 16 heavy (non-hydrogen) atoms. The summed E-state index contributed by atoms with van der Waals surface area (Å²) in [4.78, 5) is 10.4. The fraction of sp³-hybridized carbons (Fsp3) is 0.727. The molecule has 2 heterocycles. The minimum Gasteiger partial charge on any atom is -0.354 e. The maximum Gasteiger partial charge on any atom is 0.184 e. The molecule has 0 bridgehead atoms. The van der Waals surface area contributed by atoms with Gasteiger partial charge in [-0.25, -0.2) is 4.98 Å². The van der Waals surface area contributed by atoms with Crippen molar-refractivity contribution in [3.63, 3.8) is 0 Å². The van der Waals surface area contributed by atoms with Gasteiger partial charge in [0.2, 0.25) is 0 Å². The summed E-state index contributed by atoms with van der Waals surface area (Å²) in [6.45, 7) is 5.78. The lowest BCUT2D eigenvalue weighted by Gasteiger charge is -2.26. The normalized spacial score (nSPS) is 17.6. The van der Waals surface area contributed by atoms with Crippen LogP contribution >= 0.6 is 11.3 Å². The Labute approximate surface area is 101 Å². The zero-order valence-electron chi connectivity index (χ0n) is 10.1. The molecule has 1 aromatic heterocycles. The Bertz CT molecular complexity index is 318. The molecule has 1 N–H and O–H groups in total. The summed E-state index contributed by atoms with van der Waals surface area (Å²) in [5, 5.41) is 4.48. The van der Waals surface area contributed by atoms with Gasteiger partial charge in [-0.1, -0.05) is 0 Å². The third-order valence-corrected chi connectivity index (χ3v) is 4.03. The van der Waals surface area contributed by atoms with Crippen molar-refractivity contribution < 1.29 is 0 Å². The molecule has 1 aliphatic heterocycles. The highest BCUT2D eigenvalue weighted by Gasteiger charge is 2.10.